The molecule has 0 unspecified atom stereocenters. The molecule has 2 aliphatic rings. The fourth-order valence-electron chi connectivity index (χ4n) is 4.45. The van der Waals surface area contributed by atoms with Gasteiger partial charge in [0.05, 0.1) is 11.6 Å². The van der Waals surface area contributed by atoms with Gasteiger partial charge in [0, 0.05) is 12.2 Å². The molecule has 0 fully saturated rings. The minimum atomic E-state index is -0.465. The molecule has 3 N–H and O–H groups in total. The Morgan fingerprint density at radius 2 is 1.93 bits per heavy atom. The van der Waals surface area contributed by atoms with Gasteiger partial charge in [0.1, 0.15) is 5.56 Å². The molecular weight excluding hydrogens is 366 g/mol. The van der Waals surface area contributed by atoms with Gasteiger partial charge in [-0.2, -0.15) is 0 Å². The van der Waals surface area contributed by atoms with Crippen molar-refractivity contribution in [1.29, 1.82) is 0 Å². The molecule has 1 aromatic carbocycles. The van der Waals surface area contributed by atoms with Crippen molar-refractivity contribution >= 4 is 11.8 Å². The van der Waals surface area contributed by atoms with Crippen LogP contribution in [0.4, 0.5) is 0 Å². The zero-order valence-corrected chi connectivity index (χ0v) is 16.5. The number of carbonyl (C=O) groups excluding carboxylic acids is 2. The lowest BCUT2D eigenvalue weighted by Crippen LogP contribution is -2.47. The third kappa shape index (κ3) is 3.50. The van der Waals surface area contributed by atoms with E-state index in [1.54, 1.807) is 23.8 Å². The normalized spacial score (nSPS) is 20.3. The number of fused-ring (bicyclic) bond motifs is 1. The van der Waals surface area contributed by atoms with Crippen LogP contribution in [0.5, 0.6) is 0 Å². The summed E-state index contributed by atoms with van der Waals surface area (Å²) in [6, 6.07) is 7.36. The molecule has 0 saturated carbocycles. The Morgan fingerprint density at radius 1 is 1.14 bits per heavy atom. The van der Waals surface area contributed by atoms with Gasteiger partial charge in [-0.05, 0) is 67.9 Å². The maximum atomic E-state index is 13.3. The number of nitrogens with two attached hydrogens (primary N) is 1. The predicted octanol–water partition coefficient (Wildman–Crippen LogP) is 2.18. The Hall–Kier alpha value is -3.15. The maximum absolute atomic E-state index is 13.3. The molecule has 0 radical (unpaired) electrons. The zero-order chi connectivity index (χ0) is 20.5. The lowest BCUT2D eigenvalue weighted by atomic mass is 9.88. The van der Waals surface area contributed by atoms with E-state index < -0.39 is 23.8 Å². The zero-order valence-electron chi connectivity index (χ0n) is 16.5. The summed E-state index contributed by atoms with van der Waals surface area (Å²) >= 11 is 0. The topological polar surface area (TPSA) is 94.2 Å². The molecule has 0 spiro atoms. The monoisotopic (exact) mass is 391 g/mol. The highest BCUT2D eigenvalue weighted by molar-refractivity contribution is 5.96. The van der Waals surface area contributed by atoms with Crippen LogP contribution in [0.1, 0.15) is 46.3 Å². The smallest absolute Gasteiger partial charge is 0.268 e. The molecule has 0 bridgehead atoms. The minimum Gasteiger partial charge on any atom is -0.369 e. The summed E-state index contributed by atoms with van der Waals surface area (Å²) in [5, 5.41) is 2.87. The van der Waals surface area contributed by atoms with Crippen LogP contribution in [0.15, 0.2) is 47.4 Å². The number of nitrogens with zero attached hydrogens (tertiary/aromatic N) is 1. The Balaban J connectivity index is 1.70. The number of pyridine rings is 1. The number of hydrogen-bond acceptors (Lipinski definition) is 3. The van der Waals surface area contributed by atoms with E-state index in [9.17, 15) is 14.4 Å². The second-order valence-electron chi connectivity index (χ2n) is 7.85. The van der Waals surface area contributed by atoms with Crippen LogP contribution in [0.25, 0.3) is 5.69 Å². The molecule has 1 heterocycles. The third-order valence-corrected chi connectivity index (χ3v) is 6.02. The Labute approximate surface area is 169 Å². The largest absolute Gasteiger partial charge is 0.369 e. The van der Waals surface area contributed by atoms with Crippen molar-refractivity contribution < 1.29 is 9.59 Å². The summed E-state index contributed by atoms with van der Waals surface area (Å²) in [6.07, 6.45) is 9.59. The first kappa shape index (κ1) is 19.2. The number of amides is 2. The highest BCUT2D eigenvalue weighted by Gasteiger charge is 2.30. The van der Waals surface area contributed by atoms with Crippen molar-refractivity contribution in [2.75, 3.05) is 0 Å². The first-order valence-electron chi connectivity index (χ1n) is 10.1. The van der Waals surface area contributed by atoms with Gasteiger partial charge in [-0.25, -0.2) is 0 Å². The number of rotatable bonds is 4. The molecule has 4 rings (SSSR count). The highest BCUT2D eigenvalue weighted by atomic mass is 16.2. The van der Waals surface area contributed by atoms with Gasteiger partial charge >= 0.3 is 0 Å². The molecule has 29 heavy (non-hydrogen) atoms. The summed E-state index contributed by atoms with van der Waals surface area (Å²) in [5.41, 5.74) is 9.15. The fourth-order valence-corrected chi connectivity index (χ4v) is 4.45. The number of primary amides is 1. The molecule has 1 aromatic heterocycles. The van der Waals surface area contributed by atoms with E-state index in [4.69, 9.17) is 5.73 Å². The molecule has 6 heteroatoms. The van der Waals surface area contributed by atoms with E-state index in [0.717, 1.165) is 24.9 Å². The van der Waals surface area contributed by atoms with E-state index in [1.807, 2.05) is 24.3 Å². The molecule has 150 valence electrons. The number of benzene rings is 1. The standard InChI is InChI=1S/C23H25N3O3/c1-14-12-13-26(19-11-5-7-15-6-4-9-16(15)19)23(29)20(14)22(28)25-18-10-3-2-8-17(18)21(24)27/h2-3,5,7,11-13,17-18H,4,6,8-10H2,1H3,(H2,24,27)(H,25,28)/t17-,18-/m1/s1. The predicted molar refractivity (Wildman–Crippen MR) is 111 cm³/mol. The Bertz CT molecular complexity index is 1070. The number of aryl methyl sites for hydroxylation is 2. The first-order chi connectivity index (χ1) is 14.0. The van der Waals surface area contributed by atoms with Gasteiger partial charge in [0.2, 0.25) is 5.91 Å². The van der Waals surface area contributed by atoms with Crippen molar-refractivity contribution in [3.05, 3.63) is 75.2 Å². The number of nitrogens with one attached hydrogen (secondary N) is 1. The molecule has 2 aromatic rings. The third-order valence-electron chi connectivity index (χ3n) is 6.02. The van der Waals surface area contributed by atoms with Gasteiger partial charge in [-0.3, -0.25) is 19.0 Å². The van der Waals surface area contributed by atoms with Crippen LogP contribution in [0.3, 0.4) is 0 Å². The van der Waals surface area contributed by atoms with Crippen LogP contribution in [0, 0.1) is 12.8 Å². The fraction of sp³-hybridized carbons (Fsp3) is 0.348. The number of hydrogen-bond donors (Lipinski definition) is 2. The van der Waals surface area contributed by atoms with Crippen molar-refractivity contribution in [3.8, 4) is 5.69 Å². The van der Waals surface area contributed by atoms with Crippen molar-refractivity contribution in [2.24, 2.45) is 11.7 Å². The molecular formula is C23H25N3O3. The van der Waals surface area contributed by atoms with E-state index in [-0.39, 0.29) is 11.1 Å². The van der Waals surface area contributed by atoms with Gasteiger partial charge in [-0.15, -0.1) is 0 Å². The molecule has 0 aliphatic heterocycles. The summed E-state index contributed by atoms with van der Waals surface area (Å²) in [7, 11) is 0. The second-order valence-corrected chi connectivity index (χ2v) is 7.85. The van der Waals surface area contributed by atoms with Crippen LogP contribution < -0.4 is 16.6 Å². The summed E-state index contributed by atoms with van der Waals surface area (Å²) < 4.78 is 1.57. The van der Waals surface area contributed by atoms with Crippen molar-refractivity contribution in [3.63, 3.8) is 0 Å². The summed E-state index contributed by atoms with van der Waals surface area (Å²) in [6.45, 7) is 1.75. The van der Waals surface area contributed by atoms with E-state index >= 15 is 0 Å². The SMILES string of the molecule is Cc1ccn(-c2cccc3c2CCC3)c(=O)c1C(=O)N[C@@H]1CC=CC[C@H]1C(N)=O. The van der Waals surface area contributed by atoms with E-state index in [2.05, 4.69) is 11.4 Å². The lowest BCUT2D eigenvalue weighted by molar-refractivity contribution is -0.122. The quantitative estimate of drug-likeness (QED) is 0.782. The lowest BCUT2D eigenvalue weighted by Gasteiger charge is -2.27. The molecule has 2 atom stereocenters. The molecule has 2 amide bonds. The number of aromatic nitrogens is 1. The van der Waals surface area contributed by atoms with Gasteiger partial charge in [0.15, 0.2) is 0 Å². The average molecular weight is 391 g/mol. The van der Waals surface area contributed by atoms with Crippen molar-refractivity contribution in [2.45, 2.75) is 45.1 Å². The van der Waals surface area contributed by atoms with Crippen molar-refractivity contribution in [1.82, 2.24) is 9.88 Å². The number of carbonyl (C=O) groups is 2. The molecule has 0 saturated heterocycles. The molecule has 6 nitrogen and oxygen atoms in total. The van der Waals surface area contributed by atoms with Gasteiger partial charge < -0.3 is 11.1 Å². The van der Waals surface area contributed by atoms with Gasteiger partial charge in [0.25, 0.3) is 11.5 Å². The second kappa shape index (κ2) is 7.70. The molecule has 2 aliphatic carbocycles. The van der Waals surface area contributed by atoms with Crippen LogP contribution in [0.2, 0.25) is 0 Å². The van der Waals surface area contributed by atoms with E-state index in [0.29, 0.717) is 18.4 Å². The first-order valence-corrected chi connectivity index (χ1v) is 10.1. The van der Waals surface area contributed by atoms with Crippen LogP contribution in [-0.4, -0.2) is 22.4 Å². The van der Waals surface area contributed by atoms with Gasteiger partial charge in [-0.1, -0.05) is 24.3 Å². The van der Waals surface area contributed by atoms with E-state index in [1.165, 1.54) is 11.1 Å². The highest BCUT2D eigenvalue weighted by Crippen LogP contribution is 2.27. The summed E-state index contributed by atoms with van der Waals surface area (Å²) in [4.78, 5) is 38.1. The average Bonchev–Trinajstić information content (AvgIpc) is 3.17. The Kier molecular flexibility index (Phi) is 5.09. The number of allylic oxidation sites excluding steroid dienone is 1. The van der Waals surface area contributed by atoms with Crippen LogP contribution in [-0.2, 0) is 17.6 Å². The minimum absolute atomic E-state index is 0.112. The van der Waals surface area contributed by atoms with Crippen LogP contribution >= 0.6 is 0 Å². The summed E-state index contributed by atoms with van der Waals surface area (Å²) in [5.74, 6) is -1.37. The maximum Gasteiger partial charge on any atom is 0.268 e. The Morgan fingerprint density at radius 3 is 2.72 bits per heavy atom.